The van der Waals surface area contributed by atoms with Crippen LogP contribution in [0, 0.1) is 0 Å². The largest absolute Gasteiger partial charge is 0.0801 e. The molecule has 98 valence electrons. The highest BCUT2D eigenvalue weighted by Crippen LogP contribution is 2.51. The molecule has 0 nitrogen and oxygen atoms in total. The van der Waals surface area contributed by atoms with Gasteiger partial charge in [0.05, 0.1) is 0 Å². The summed E-state index contributed by atoms with van der Waals surface area (Å²) in [6.45, 7) is 0. The number of allylic oxidation sites excluding steroid dienone is 4. The van der Waals surface area contributed by atoms with Crippen molar-refractivity contribution in [1.82, 2.24) is 0 Å². The molecule has 0 fully saturated rings. The van der Waals surface area contributed by atoms with Gasteiger partial charge in [0.25, 0.3) is 0 Å². The fourth-order valence-electron chi connectivity index (χ4n) is 3.75. The highest BCUT2D eigenvalue weighted by molar-refractivity contribution is 5.52. The zero-order valence-electron chi connectivity index (χ0n) is 11.5. The van der Waals surface area contributed by atoms with Gasteiger partial charge in [0.2, 0.25) is 0 Å². The third-order valence-corrected chi connectivity index (χ3v) is 4.68. The molecule has 20 heavy (non-hydrogen) atoms. The Bertz CT molecular complexity index is 662. The molecule has 2 aromatic carbocycles. The Balaban J connectivity index is 1.74. The summed E-state index contributed by atoms with van der Waals surface area (Å²) in [5.41, 5.74) is 6.15. The summed E-state index contributed by atoms with van der Waals surface area (Å²) in [6, 6.07) is 21.9. The Morgan fingerprint density at radius 2 is 1.30 bits per heavy atom. The van der Waals surface area contributed by atoms with E-state index in [1.165, 1.54) is 17.5 Å². The summed E-state index contributed by atoms with van der Waals surface area (Å²) in [4.78, 5) is 0. The maximum atomic E-state index is 2.36. The quantitative estimate of drug-likeness (QED) is 0.693. The smallest absolute Gasteiger partial charge is 0.00980 e. The van der Waals surface area contributed by atoms with Gasteiger partial charge in [-0.3, -0.25) is 0 Å². The predicted octanol–water partition coefficient (Wildman–Crippen LogP) is 5.21. The molecule has 0 heterocycles. The van der Waals surface area contributed by atoms with Gasteiger partial charge in [-0.05, 0) is 29.5 Å². The second-order valence-corrected chi connectivity index (χ2v) is 5.75. The van der Waals surface area contributed by atoms with E-state index in [0.717, 1.165) is 6.42 Å². The molecular weight excluding hydrogens is 240 g/mol. The molecule has 0 aliphatic heterocycles. The first-order valence-electron chi connectivity index (χ1n) is 7.43. The van der Waals surface area contributed by atoms with Crippen molar-refractivity contribution in [3.05, 3.63) is 95.1 Å². The average Bonchev–Trinajstić information content (AvgIpc) is 3.11. The van der Waals surface area contributed by atoms with Gasteiger partial charge >= 0.3 is 0 Å². The number of rotatable bonds is 2. The monoisotopic (exact) mass is 258 g/mol. The van der Waals surface area contributed by atoms with Gasteiger partial charge in [-0.1, -0.05) is 78.4 Å². The molecule has 2 aromatic rings. The van der Waals surface area contributed by atoms with E-state index in [9.17, 15) is 0 Å². The van der Waals surface area contributed by atoms with E-state index >= 15 is 0 Å². The Morgan fingerprint density at radius 3 is 1.95 bits per heavy atom. The van der Waals surface area contributed by atoms with E-state index in [2.05, 4.69) is 72.8 Å². The minimum atomic E-state index is 0.579. The Hall–Kier alpha value is -2.08. The Kier molecular flexibility index (Phi) is 2.81. The molecule has 0 aromatic heterocycles. The summed E-state index contributed by atoms with van der Waals surface area (Å²) in [5, 5.41) is 0. The molecule has 0 unspecified atom stereocenters. The third kappa shape index (κ3) is 1.84. The molecule has 0 amide bonds. The molecule has 2 atom stereocenters. The third-order valence-electron chi connectivity index (χ3n) is 4.68. The van der Waals surface area contributed by atoms with Crippen molar-refractivity contribution >= 4 is 0 Å². The van der Waals surface area contributed by atoms with Gasteiger partial charge in [-0.15, -0.1) is 0 Å². The maximum absolute atomic E-state index is 2.36. The van der Waals surface area contributed by atoms with Gasteiger partial charge in [0, 0.05) is 11.8 Å². The SMILES string of the molecule is C1=CC2=C(C1)[C@@H](c1ccccc1)C[C@@H]2c1ccccc1. The lowest BCUT2D eigenvalue weighted by Crippen LogP contribution is -2.00. The Labute approximate surface area is 120 Å². The molecule has 0 bridgehead atoms. The van der Waals surface area contributed by atoms with Crippen LogP contribution < -0.4 is 0 Å². The Morgan fingerprint density at radius 1 is 0.700 bits per heavy atom. The number of hydrogen-bond donors (Lipinski definition) is 0. The van der Waals surface area contributed by atoms with Crippen molar-refractivity contribution in [1.29, 1.82) is 0 Å². The summed E-state index contributed by atoms with van der Waals surface area (Å²) < 4.78 is 0. The van der Waals surface area contributed by atoms with Crippen LogP contribution in [-0.4, -0.2) is 0 Å². The molecule has 2 aliphatic carbocycles. The van der Waals surface area contributed by atoms with Crippen molar-refractivity contribution < 1.29 is 0 Å². The van der Waals surface area contributed by atoms with Crippen molar-refractivity contribution in [2.24, 2.45) is 0 Å². The topological polar surface area (TPSA) is 0 Å². The first kappa shape index (κ1) is 11.7. The van der Waals surface area contributed by atoms with Crippen LogP contribution in [0.1, 0.15) is 35.8 Å². The molecular formula is C20H18. The van der Waals surface area contributed by atoms with Crippen molar-refractivity contribution in [3.63, 3.8) is 0 Å². The van der Waals surface area contributed by atoms with Crippen LogP contribution >= 0.6 is 0 Å². The minimum absolute atomic E-state index is 0.579. The van der Waals surface area contributed by atoms with E-state index < -0.39 is 0 Å². The van der Waals surface area contributed by atoms with Gasteiger partial charge in [0.15, 0.2) is 0 Å². The molecule has 0 spiro atoms. The predicted molar refractivity (Wildman–Crippen MR) is 83.8 cm³/mol. The van der Waals surface area contributed by atoms with E-state index in [4.69, 9.17) is 0 Å². The molecule has 0 saturated heterocycles. The van der Waals surface area contributed by atoms with E-state index in [1.807, 2.05) is 0 Å². The average molecular weight is 258 g/mol. The van der Waals surface area contributed by atoms with Gasteiger partial charge in [0.1, 0.15) is 0 Å². The fraction of sp³-hybridized carbons (Fsp3) is 0.200. The molecule has 0 heteroatoms. The summed E-state index contributed by atoms with van der Waals surface area (Å²) >= 11 is 0. The molecule has 0 N–H and O–H groups in total. The molecule has 2 aliphatic rings. The zero-order chi connectivity index (χ0) is 13.4. The molecule has 0 radical (unpaired) electrons. The number of benzene rings is 2. The van der Waals surface area contributed by atoms with E-state index in [1.54, 1.807) is 11.1 Å². The lowest BCUT2D eigenvalue weighted by molar-refractivity contribution is 0.691. The van der Waals surface area contributed by atoms with Crippen LogP contribution in [0.2, 0.25) is 0 Å². The van der Waals surface area contributed by atoms with Crippen molar-refractivity contribution in [2.45, 2.75) is 24.7 Å². The van der Waals surface area contributed by atoms with Crippen molar-refractivity contribution in [2.75, 3.05) is 0 Å². The van der Waals surface area contributed by atoms with Crippen molar-refractivity contribution in [3.8, 4) is 0 Å². The van der Waals surface area contributed by atoms with Crippen LogP contribution in [0.3, 0.4) is 0 Å². The van der Waals surface area contributed by atoms with Crippen LogP contribution in [0.25, 0.3) is 0 Å². The van der Waals surface area contributed by atoms with Gasteiger partial charge < -0.3 is 0 Å². The van der Waals surface area contributed by atoms with Crippen LogP contribution in [-0.2, 0) is 0 Å². The molecule has 4 rings (SSSR count). The second-order valence-electron chi connectivity index (χ2n) is 5.75. The first-order valence-corrected chi connectivity index (χ1v) is 7.43. The lowest BCUT2D eigenvalue weighted by atomic mass is 9.87. The normalized spacial score (nSPS) is 24.2. The summed E-state index contributed by atoms with van der Waals surface area (Å²) in [5.74, 6) is 1.18. The van der Waals surface area contributed by atoms with E-state index in [0.29, 0.717) is 11.8 Å². The van der Waals surface area contributed by atoms with Crippen LogP contribution in [0.15, 0.2) is 84.0 Å². The van der Waals surface area contributed by atoms with E-state index in [-0.39, 0.29) is 0 Å². The van der Waals surface area contributed by atoms with Gasteiger partial charge in [-0.25, -0.2) is 0 Å². The highest BCUT2D eigenvalue weighted by atomic mass is 14.4. The number of hydrogen-bond acceptors (Lipinski definition) is 0. The van der Waals surface area contributed by atoms with Gasteiger partial charge in [-0.2, -0.15) is 0 Å². The first-order chi connectivity index (χ1) is 9.93. The minimum Gasteiger partial charge on any atom is -0.0801 e. The van der Waals surface area contributed by atoms with Crippen LogP contribution in [0.4, 0.5) is 0 Å². The fourth-order valence-corrected chi connectivity index (χ4v) is 3.75. The maximum Gasteiger partial charge on any atom is 0.00980 e. The van der Waals surface area contributed by atoms with Crippen LogP contribution in [0.5, 0.6) is 0 Å². The second kappa shape index (κ2) is 4.79. The summed E-state index contributed by atoms with van der Waals surface area (Å²) in [7, 11) is 0. The highest BCUT2D eigenvalue weighted by Gasteiger charge is 2.35. The lowest BCUT2D eigenvalue weighted by Gasteiger charge is -2.16. The summed E-state index contributed by atoms with van der Waals surface area (Å²) in [6.07, 6.45) is 7.05. The molecule has 0 saturated carbocycles. The standard InChI is InChI=1S/C20H18/c1-3-8-15(9-4-1)19-14-20(16-10-5-2-6-11-16)18-13-7-12-17(18)19/h1-12,19-20H,13-14H2/t19-,20-/m1/s1. The zero-order valence-corrected chi connectivity index (χ0v) is 11.5.